The first-order chi connectivity index (χ1) is 9.85. The average molecular weight is 291 g/mol. The first-order valence-electron chi connectivity index (χ1n) is 6.82. The van der Waals surface area contributed by atoms with E-state index in [1.807, 2.05) is 38.5 Å². The minimum absolute atomic E-state index is 0.200. The molecule has 0 saturated heterocycles. The van der Waals surface area contributed by atoms with E-state index in [-0.39, 0.29) is 6.04 Å². The van der Waals surface area contributed by atoms with Gasteiger partial charge in [-0.15, -0.1) is 0 Å². The smallest absolute Gasteiger partial charge is 0.408 e. The molecule has 0 aliphatic carbocycles. The Kier molecular flexibility index (Phi) is 4.30. The highest BCUT2D eigenvalue weighted by molar-refractivity contribution is 5.68. The van der Waals surface area contributed by atoms with Crippen molar-refractivity contribution < 1.29 is 9.53 Å². The minimum atomic E-state index is -0.513. The monoisotopic (exact) mass is 291 g/mol. The first kappa shape index (κ1) is 15.1. The van der Waals surface area contributed by atoms with Gasteiger partial charge in [-0.3, -0.25) is 5.10 Å². The molecule has 21 heavy (non-hydrogen) atoms. The Morgan fingerprint density at radius 2 is 2.24 bits per heavy atom. The molecule has 7 nitrogen and oxygen atoms in total. The molecule has 0 fully saturated rings. The van der Waals surface area contributed by atoms with Gasteiger partial charge in [0.1, 0.15) is 5.60 Å². The number of carbonyl (C=O) groups excluding carboxylic acids is 1. The number of aromatic amines is 1. The third kappa shape index (κ3) is 4.34. The van der Waals surface area contributed by atoms with Gasteiger partial charge in [0.25, 0.3) is 0 Å². The van der Waals surface area contributed by atoms with E-state index in [4.69, 9.17) is 4.74 Å². The van der Waals surface area contributed by atoms with Crippen molar-refractivity contribution in [3.05, 3.63) is 36.2 Å². The summed E-state index contributed by atoms with van der Waals surface area (Å²) in [5.41, 5.74) is 1.43. The number of nitrogens with zero attached hydrogens (tertiary/aromatic N) is 3. The molecule has 1 amide bonds. The number of rotatable bonds is 4. The topological polar surface area (TPSA) is 84.8 Å². The van der Waals surface area contributed by atoms with Crippen molar-refractivity contribution in [2.75, 3.05) is 0 Å². The summed E-state index contributed by atoms with van der Waals surface area (Å²) < 4.78 is 7.22. The van der Waals surface area contributed by atoms with Crippen LogP contribution in [0, 0.1) is 0 Å². The van der Waals surface area contributed by atoms with Gasteiger partial charge in [0.2, 0.25) is 0 Å². The lowest BCUT2D eigenvalue weighted by molar-refractivity contribution is 0.0506. The van der Waals surface area contributed by atoms with Crippen LogP contribution in [-0.4, -0.2) is 31.4 Å². The number of hydrogen-bond donors (Lipinski definition) is 2. The number of ether oxygens (including phenoxy) is 1. The fourth-order valence-electron chi connectivity index (χ4n) is 1.94. The SMILES string of the molecule is C[C@@H](NC(=O)OC(C)(C)C)c1cncn1Cc1cn[nH]c1. The van der Waals surface area contributed by atoms with Crippen LogP contribution in [0.2, 0.25) is 0 Å². The molecule has 0 bridgehead atoms. The van der Waals surface area contributed by atoms with Gasteiger partial charge in [0, 0.05) is 11.8 Å². The maximum absolute atomic E-state index is 11.8. The predicted molar refractivity (Wildman–Crippen MR) is 77.7 cm³/mol. The third-order valence-electron chi connectivity index (χ3n) is 2.83. The van der Waals surface area contributed by atoms with E-state index in [0.29, 0.717) is 6.54 Å². The maximum Gasteiger partial charge on any atom is 0.408 e. The normalized spacial score (nSPS) is 13.0. The molecule has 0 aliphatic rings. The van der Waals surface area contributed by atoms with Crippen molar-refractivity contribution in [3.63, 3.8) is 0 Å². The van der Waals surface area contributed by atoms with Crippen LogP contribution in [0.25, 0.3) is 0 Å². The molecule has 0 unspecified atom stereocenters. The zero-order valence-corrected chi connectivity index (χ0v) is 12.8. The highest BCUT2D eigenvalue weighted by Crippen LogP contribution is 2.15. The molecular weight excluding hydrogens is 270 g/mol. The maximum atomic E-state index is 11.8. The van der Waals surface area contributed by atoms with Crippen molar-refractivity contribution in [2.45, 2.75) is 45.9 Å². The van der Waals surface area contributed by atoms with Crippen LogP contribution in [0.15, 0.2) is 24.9 Å². The number of carbonyl (C=O) groups is 1. The Morgan fingerprint density at radius 3 is 2.86 bits per heavy atom. The van der Waals surface area contributed by atoms with Gasteiger partial charge in [-0.05, 0) is 27.7 Å². The first-order valence-corrected chi connectivity index (χ1v) is 6.82. The molecule has 2 rings (SSSR count). The molecule has 2 aromatic heterocycles. The van der Waals surface area contributed by atoms with Crippen molar-refractivity contribution in [3.8, 4) is 0 Å². The molecule has 0 spiro atoms. The van der Waals surface area contributed by atoms with Gasteiger partial charge < -0.3 is 14.6 Å². The number of hydrogen-bond acceptors (Lipinski definition) is 4. The quantitative estimate of drug-likeness (QED) is 0.904. The van der Waals surface area contributed by atoms with Crippen molar-refractivity contribution in [1.82, 2.24) is 25.1 Å². The largest absolute Gasteiger partial charge is 0.444 e. The third-order valence-corrected chi connectivity index (χ3v) is 2.83. The molecular formula is C14H21N5O2. The van der Waals surface area contributed by atoms with Crippen LogP contribution >= 0.6 is 0 Å². The van der Waals surface area contributed by atoms with Crippen molar-refractivity contribution in [2.24, 2.45) is 0 Å². The number of aromatic nitrogens is 4. The Balaban J connectivity index is 2.01. The molecule has 2 N–H and O–H groups in total. The molecule has 0 radical (unpaired) electrons. The van der Waals surface area contributed by atoms with Crippen LogP contribution in [0.5, 0.6) is 0 Å². The number of amides is 1. The Labute approximate surface area is 123 Å². The summed E-state index contributed by atoms with van der Waals surface area (Å²) >= 11 is 0. The molecule has 7 heteroatoms. The zero-order valence-electron chi connectivity index (χ0n) is 12.8. The van der Waals surface area contributed by atoms with Gasteiger partial charge in [0.15, 0.2) is 0 Å². The molecule has 0 aromatic carbocycles. The minimum Gasteiger partial charge on any atom is -0.444 e. The van der Waals surface area contributed by atoms with Gasteiger partial charge in [0.05, 0.1) is 37.0 Å². The predicted octanol–water partition coefficient (Wildman–Crippen LogP) is 2.24. The molecule has 1 atom stereocenters. The lowest BCUT2D eigenvalue weighted by Crippen LogP contribution is -2.34. The summed E-state index contributed by atoms with van der Waals surface area (Å²) in [6, 6.07) is -0.200. The van der Waals surface area contributed by atoms with Gasteiger partial charge in [-0.2, -0.15) is 5.10 Å². The van der Waals surface area contributed by atoms with Gasteiger partial charge >= 0.3 is 6.09 Å². The van der Waals surface area contributed by atoms with Crippen LogP contribution in [0.4, 0.5) is 4.79 Å². The number of H-pyrrole nitrogens is 1. The van der Waals surface area contributed by atoms with Crippen LogP contribution in [0.3, 0.4) is 0 Å². The second-order valence-electron chi connectivity index (χ2n) is 5.92. The highest BCUT2D eigenvalue weighted by Gasteiger charge is 2.19. The average Bonchev–Trinajstić information content (AvgIpc) is 2.97. The second kappa shape index (κ2) is 5.99. The molecule has 0 aliphatic heterocycles. The highest BCUT2D eigenvalue weighted by atomic mass is 16.6. The summed E-state index contributed by atoms with van der Waals surface area (Å²) in [4.78, 5) is 16.0. The van der Waals surface area contributed by atoms with E-state index in [1.54, 1.807) is 18.7 Å². The fraction of sp³-hybridized carbons (Fsp3) is 0.500. The van der Waals surface area contributed by atoms with Gasteiger partial charge in [-0.1, -0.05) is 0 Å². The summed E-state index contributed by atoms with van der Waals surface area (Å²) in [6.45, 7) is 8.04. The molecule has 2 aromatic rings. The van der Waals surface area contributed by atoms with E-state index in [2.05, 4.69) is 20.5 Å². The standard InChI is InChI=1S/C14H21N5O2/c1-10(18-13(20)21-14(2,3)4)12-7-15-9-19(12)8-11-5-16-17-6-11/h5-7,9-10H,8H2,1-4H3,(H,16,17)(H,18,20)/t10-/m1/s1. The molecule has 0 saturated carbocycles. The van der Waals surface area contributed by atoms with E-state index in [1.165, 1.54) is 0 Å². The second-order valence-corrected chi connectivity index (χ2v) is 5.92. The lowest BCUT2D eigenvalue weighted by Gasteiger charge is -2.22. The van der Waals surface area contributed by atoms with Crippen LogP contribution < -0.4 is 5.32 Å². The summed E-state index contributed by atoms with van der Waals surface area (Å²) in [5.74, 6) is 0. The fourth-order valence-corrected chi connectivity index (χ4v) is 1.94. The van der Waals surface area contributed by atoms with Crippen molar-refractivity contribution in [1.29, 1.82) is 0 Å². The Hall–Kier alpha value is -2.31. The van der Waals surface area contributed by atoms with E-state index in [0.717, 1.165) is 11.3 Å². The molecule has 114 valence electrons. The number of imidazole rings is 1. The molecule has 2 heterocycles. The summed E-state index contributed by atoms with van der Waals surface area (Å²) in [7, 11) is 0. The van der Waals surface area contributed by atoms with Crippen molar-refractivity contribution >= 4 is 6.09 Å². The van der Waals surface area contributed by atoms with Crippen LogP contribution in [0.1, 0.15) is 45.0 Å². The summed E-state index contributed by atoms with van der Waals surface area (Å²) in [5, 5.41) is 9.51. The van der Waals surface area contributed by atoms with E-state index >= 15 is 0 Å². The Bertz CT molecular complexity index is 583. The van der Waals surface area contributed by atoms with E-state index in [9.17, 15) is 4.79 Å². The number of alkyl carbamates (subject to hydrolysis) is 1. The Morgan fingerprint density at radius 1 is 1.48 bits per heavy atom. The number of nitrogens with one attached hydrogen (secondary N) is 2. The summed E-state index contributed by atoms with van der Waals surface area (Å²) in [6.07, 6.45) is 6.62. The van der Waals surface area contributed by atoms with Gasteiger partial charge in [-0.25, -0.2) is 9.78 Å². The lowest BCUT2D eigenvalue weighted by atomic mass is 10.2. The van der Waals surface area contributed by atoms with E-state index < -0.39 is 11.7 Å². The van der Waals surface area contributed by atoms with Crippen LogP contribution in [-0.2, 0) is 11.3 Å². The zero-order chi connectivity index (χ0) is 15.5.